The Bertz CT molecular complexity index is 670. The SMILES string of the molecule is CSc1cccc2sc(SOC(=O)C(C)CC(=O)O)nc12. The van der Waals surface area contributed by atoms with Gasteiger partial charge in [0.25, 0.3) is 0 Å². The Hall–Kier alpha value is -1.25. The molecule has 0 bridgehead atoms. The van der Waals surface area contributed by atoms with Crippen LogP contribution in [0.4, 0.5) is 0 Å². The zero-order valence-corrected chi connectivity index (χ0v) is 13.8. The average molecular weight is 343 g/mol. The number of rotatable bonds is 6. The van der Waals surface area contributed by atoms with Gasteiger partial charge in [-0.1, -0.05) is 13.0 Å². The Morgan fingerprint density at radius 3 is 2.90 bits per heavy atom. The number of hydrogen-bond acceptors (Lipinski definition) is 7. The highest BCUT2D eigenvalue weighted by molar-refractivity contribution is 7.99. The summed E-state index contributed by atoms with van der Waals surface area (Å²) in [5, 5.41) is 8.64. The van der Waals surface area contributed by atoms with E-state index >= 15 is 0 Å². The van der Waals surface area contributed by atoms with Crippen molar-refractivity contribution in [1.82, 2.24) is 4.98 Å². The molecule has 0 fully saturated rings. The normalized spacial score (nSPS) is 12.3. The van der Waals surface area contributed by atoms with Gasteiger partial charge in [-0.25, -0.2) is 4.98 Å². The summed E-state index contributed by atoms with van der Waals surface area (Å²) in [5.41, 5.74) is 0.895. The number of carbonyl (C=O) groups is 2. The molecular weight excluding hydrogens is 330 g/mol. The van der Waals surface area contributed by atoms with Gasteiger partial charge in [-0.05, 0) is 18.4 Å². The van der Waals surface area contributed by atoms with Gasteiger partial charge in [0.15, 0.2) is 4.34 Å². The van der Waals surface area contributed by atoms with E-state index in [1.165, 1.54) is 18.3 Å². The summed E-state index contributed by atoms with van der Waals surface area (Å²) in [6, 6.07) is 5.91. The first-order valence-corrected chi connectivity index (χ1v) is 8.83. The number of hydrogen-bond donors (Lipinski definition) is 1. The molecule has 2 rings (SSSR count). The number of aliphatic carboxylic acids is 1. The van der Waals surface area contributed by atoms with E-state index in [1.54, 1.807) is 11.8 Å². The van der Waals surface area contributed by atoms with Crippen LogP contribution in [0, 0.1) is 5.92 Å². The molecule has 5 nitrogen and oxygen atoms in total. The summed E-state index contributed by atoms with van der Waals surface area (Å²) >= 11 is 3.93. The lowest BCUT2D eigenvalue weighted by Crippen LogP contribution is -2.15. The zero-order chi connectivity index (χ0) is 15.4. The van der Waals surface area contributed by atoms with Gasteiger partial charge in [0.2, 0.25) is 0 Å². The lowest BCUT2D eigenvalue weighted by atomic mass is 10.1. The monoisotopic (exact) mass is 343 g/mol. The van der Waals surface area contributed by atoms with Crippen molar-refractivity contribution in [2.24, 2.45) is 5.92 Å². The molecule has 0 saturated heterocycles. The van der Waals surface area contributed by atoms with Crippen molar-refractivity contribution in [3.8, 4) is 0 Å². The van der Waals surface area contributed by atoms with Crippen molar-refractivity contribution >= 4 is 57.3 Å². The predicted molar refractivity (Wildman–Crippen MR) is 84.8 cm³/mol. The van der Waals surface area contributed by atoms with E-state index in [9.17, 15) is 9.59 Å². The van der Waals surface area contributed by atoms with Crippen molar-refractivity contribution in [3.05, 3.63) is 18.2 Å². The number of nitrogens with zero attached hydrogens (tertiary/aromatic N) is 1. The highest BCUT2D eigenvalue weighted by Crippen LogP contribution is 2.34. The van der Waals surface area contributed by atoms with E-state index in [0.29, 0.717) is 4.34 Å². The summed E-state index contributed by atoms with van der Waals surface area (Å²) in [7, 11) is 0. The third-order valence-corrected chi connectivity index (χ3v) is 5.18. The van der Waals surface area contributed by atoms with E-state index in [1.807, 2.05) is 24.5 Å². The quantitative estimate of drug-likeness (QED) is 0.633. The highest BCUT2D eigenvalue weighted by atomic mass is 32.2. The van der Waals surface area contributed by atoms with Gasteiger partial charge in [0.05, 0.1) is 22.6 Å². The molecule has 0 aliphatic heterocycles. The van der Waals surface area contributed by atoms with Crippen LogP contribution in [0.3, 0.4) is 0 Å². The van der Waals surface area contributed by atoms with Gasteiger partial charge in [-0.15, -0.1) is 23.1 Å². The van der Waals surface area contributed by atoms with Crippen molar-refractivity contribution in [3.63, 3.8) is 0 Å². The molecule has 1 atom stereocenters. The molecule has 0 aliphatic carbocycles. The number of carbonyl (C=O) groups excluding carboxylic acids is 1. The lowest BCUT2D eigenvalue weighted by molar-refractivity contribution is -0.145. The second-order valence-corrected chi connectivity index (χ2v) is 7.13. The molecule has 0 aliphatic rings. The Morgan fingerprint density at radius 1 is 1.48 bits per heavy atom. The number of aromatic nitrogens is 1. The van der Waals surface area contributed by atoms with Crippen LogP contribution < -0.4 is 0 Å². The minimum atomic E-state index is -1.02. The fourth-order valence-electron chi connectivity index (χ4n) is 1.61. The van der Waals surface area contributed by atoms with E-state index < -0.39 is 17.9 Å². The Labute approximate surface area is 134 Å². The number of benzene rings is 1. The summed E-state index contributed by atoms with van der Waals surface area (Å²) in [6.45, 7) is 1.53. The van der Waals surface area contributed by atoms with Gasteiger partial charge in [0, 0.05) is 4.90 Å². The van der Waals surface area contributed by atoms with Gasteiger partial charge in [-0.3, -0.25) is 9.59 Å². The van der Waals surface area contributed by atoms with Crippen molar-refractivity contribution in [2.45, 2.75) is 22.6 Å². The molecule has 1 aromatic carbocycles. The van der Waals surface area contributed by atoms with Crippen LogP contribution in [0.25, 0.3) is 10.2 Å². The molecule has 21 heavy (non-hydrogen) atoms. The maximum Gasteiger partial charge on any atom is 0.321 e. The first-order valence-electron chi connectivity index (χ1n) is 6.05. The number of para-hydroxylation sites is 1. The van der Waals surface area contributed by atoms with Gasteiger partial charge >= 0.3 is 11.9 Å². The summed E-state index contributed by atoms with van der Waals surface area (Å²) in [5.74, 6) is -2.24. The molecule has 0 amide bonds. The molecule has 1 unspecified atom stereocenters. The highest BCUT2D eigenvalue weighted by Gasteiger charge is 2.19. The first kappa shape index (κ1) is 16.1. The molecule has 2 aromatic rings. The standard InChI is InChI=1S/C13H13NO4S3/c1-7(6-10(15)16)12(17)18-21-13-14-11-8(19-2)4-3-5-9(11)20-13/h3-5,7H,6H2,1-2H3,(H,15,16). The van der Waals surface area contributed by atoms with Gasteiger partial charge in [0.1, 0.15) is 12.0 Å². The van der Waals surface area contributed by atoms with Crippen LogP contribution in [-0.4, -0.2) is 28.3 Å². The summed E-state index contributed by atoms with van der Waals surface area (Å²) < 4.78 is 6.70. The van der Waals surface area contributed by atoms with Crippen LogP contribution in [-0.2, 0) is 13.8 Å². The molecule has 1 heterocycles. The third-order valence-electron chi connectivity index (χ3n) is 2.66. The smallest absolute Gasteiger partial charge is 0.321 e. The Balaban J connectivity index is 2.04. The fraction of sp³-hybridized carbons (Fsp3) is 0.308. The molecule has 0 saturated carbocycles. The molecule has 8 heteroatoms. The van der Waals surface area contributed by atoms with Crippen molar-refractivity contribution < 1.29 is 18.9 Å². The minimum absolute atomic E-state index is 0.240. The van der Waals surface area contributed by atoms with E-state index in [-0.39, 0.29) is 6.42 Å². The number of fused-ring (bicyclic) bond motifs is 1. The largest absolute Gasteiger partial charge is 0.481 e. The fourth-order valence-corrected chi connectivity index (χ4v) is 3.91. The van der Waals surface area contributed by atoms with Crippen LogP contribution in [0.5, 0.6) is 0 Å². The van der Waals surface area contributed by atoms with Gasteiger partial charge < -0.3 is 9.29 Å². The number of thioether (sulfide) groups is 1. The third kappa shape index (κ3) is 4.12. The van der Waals surface area contributed by atoms with Crippen LogP contribution in [0.15, 0.2) is 27.4 Å². The summed E-state index contributed by atoms with van der Waals surface area (Å²) in [4.78, 5) is 27.7. The maximum atomic E-state index is 11.7. The van der Waals surface area contributed by atoms with E-state index in [0.717, 1.165) is 27.2 Å². The Morgan fingerprint density at radius 2 is 2.24 bits per heavy atom. The molecule has 1 N–H and O–H groups in total. The second kappa shape index (κ2) is 7.15. The predicted octanol–water partition coefficient (Wildman–Crippen LogP) is 3.68. The summed E-state index contributed by atoms with van der Waals surface area (Å²) in [6.07, 6.45) is 1.74. The molecule has 0 spiro atoms. The van der Waals surface area contributed by atoms with Crippen LogP contribution in [0.1, 0.15) is 13.3 Å². The van der Waals surface area contributed by atoms with Crippen molar-refractivity contribution in [2.75, 3.05) is 6.26 Å². The molecule has 112 valence electrons. The van der Waals surface area contributed by atoms with Crippen molar-refractivity contribution in [1.29, 1.82) is 0 Å². The second-order valence-electron chi connectivity index (χ2n) is 4.27. The van der Waals surface area contributed by atoms with Crippen LogP contribution >= 0.6 is 35.1 Å². The van der Waals surface area contributed by atoms with E-state index in [4.69, 9.17) is 9.29 Å². The first-order chi connectivity index (χ1) is 10.0. The number of carboxylic acid groups (broad SMARTS) is 1. The molecule has 0 radical (unpaired) electrons. The maximum absolute atomic E-state index is 11.7. The zero-order valence-electron chi connectivity index (χ0n) is 11.4. The minimum Gasteiger partial charge on any atom is -0.481 e. The molecular formula is C13H13NO4S3. The topological polar surface area (TPSA) is 76.5 Å². The van der Waals surface area contributed by atoms with Gasteiger partial charge in [-0.2, -0.15) is 0 Å². The number of thiazole rings is 1. The molecule has 1 aromatic heterocycles. The van der Waals surface area contributed by atoms with E-state index in [2.05, 4.69) is 4.98 Å². The average Bonchev–Trinajstić information content (AvgIpc) is 2.86. The lowest BCUT2D eigenvalue weighted by Gasteiger charge is -2.05. The number of carboxylic acids is 1. The van der Waals surface area contributed by atoms with Crippen LogP contribution in [0.2, 0.25) is 0 Å². The Kier molecular flexibility index (Phi) is 5.49.